The molecule has 0 bridgehead atoms. The maximum absolute atomic E-state index is 12.1. The van der Waals surface area contributed by atoms with Crippen LogP contribution in [-0.4, -0.2) is 20.7 Å². The highest BCUT2D eigenvalue weighted by molar-refractivity contribution is 5.84. The van der Waals surface area contributed by atoms with Gasteiger partial charge in [0.15, 0.2) is 5.82 Å². The topological polar surface area (TPSA) is 98.5 Å². The van der Waals surface area contributed by atoms with Gasteiger partial charge >= 0.3 is 0 Å². The van der Waals surface area contributed by atoms with E-state index in [9.17, 15) is 4.79 Å². The van der Waals surface area contributed by atoms with E-state index >= 15 is 0 Å². The number of carbonyl (C=O) groups is 1. The zero-order valence-corrected chi connectivity index (χ0v) is 13.6. The number of nitrogens with zero attached hydrogens (tertiary/aromatic N) is 3. The van der Waals surface area contributed by atoms with Crippen molar-refractivity contribution in [2.24, 2.45) is 7.05 Å². The molecular formula is C17H18N6O. The van der Waals surface area contributed by atoms with E-state index in [-0.39, 0.29) is 5.91 Å². The third kappa shape index (κ3) is 2.94. The number of amides is 1. The predicted octanol–water partition coefficient (Wildman–Crippen LogP) is 2.16. The van der Waals surface area contributed by atoms with Crippen LogP contribution in [0.2, 0.25) is 0 Å². The molecule has 0 fully saturated rings. The number of para-hydroxylation sites is 1. The first-order valence-electron chi connectivity index (χ1n) is 7.63. The Kier molecular flexibility index (Phi) is 4.20. The summed E-state index contributed by atoms with van der Waals surface area (Å²) < 4.78 is 1.54. The number of rotatable bonds is 5. The molecule has 2 heterocycles. The van der Waals surface area contributed by atoms with Gasteiger partial charge in [0.2, 0.25) is 5.91 Å². The summed E-state index contributed by atoms with van der Waals surface area (Å²) >= 11 is 0. The zero-order valence-electron chi connectivity index (χ0n) is 13.6. The maximum atomic E-state index is 12.1. The van der Waals surface area contributed by atoms with Crippen LogP contribution in [0.3, 0.4) is 0 Å². The molecule has 7 heteroatoms. The third-order valence-corrected chi connectivity index (χ3v) is 3.95. The summed E-state index contributed by atoms with van der Waals surface area (Å²) in [6.45, 7) is 1.75. The number of nitrogens with one attached hydrogen (secondary N) is 3. The molecular weight excluding hydrogens is 304 g/mol. The molecule has 7 nitrogen and oxygen atoms in total. The number of aromatic amines is 1. The molecule has 0 unspecified atom stereocenters. The summed E-state index contributed by atoms with van der Waals surface area (Å²) in [7, 11) is 1.72. The van der Waals surface area contributed by atoms with Crippen molar-refractivity contribution in [3.8, 4) is 6.07 Å². The van der Waals surface area contributed by atoms with E-state index in [0.717, 1.165) is 16.5 Å². The molecule has 122 valence electrons. The van der Waals surface area contributed by atoms with Gasteiger partial charge in [-0.25, -0.2) is 0 Å². The monoisotopic (exact) mass is 322 g/mol. The average Bonchev–Trinajstić information content (AvgIpc) is 3.11. The van der Waals surface area contributed by atoms with Gasteiger partial charge in [0.05, 0.1) is 5.69 Å². The molecule has 0 aliphatic heterocycles. The van der Waals surface area contributed by atoms with Crippen molar-refractivity contribution in [2.45, 2.75) is 19.8 Å². The van der Waals surface area contributed by atoms with Crippen molar-refractivity contribution in [1.29, 1.82) is 5.26 Å². The van der Waals surface area contributed by atoms with Gasteiger partial charge in [-0.1, -0.05) is 18.2 Å². The number of aromatic nitrogens is 3. The number of nitriles is 1. The average molecular weight is 322 g/mol. The minimum atomic E-state index is -0.150. The number of benzene rings is 1. The van der Waals surface area contributed by atoms with Crippen molar-refractivity contribution >= 4 is 22.6 Å². The molecule has 2 aromatic heterocycles. The highest BCUT2D eigenvalue weighted by Crippen LogP contribution is 2.19. The maximum Gasteiger partial charge on any atom is 0.238 e. The molecule has 0 saturated heterocycles. The van der Waals surface area contributed by atoms with Gasteiger partial charge in [-0.15, -0.1) is 0 Å². The number of fused-ring (bicyclic) bond motifs is 1. The first-order valence-corrected chi connectivity index (χ1v) is 7.63. The Morgan fingerprint density at radius 3 is 3.00 bits per heavy atom. The van der Waals surface area contributed by atoms with E-state index in [4.69, 9.17) is 5.26 Å². The Labute approximate surface area is 139 Å². The number of anilines is 1. The van der Waals surface area contributed by atoms with E-state index in [2.05, 4.69) is 27.0 Å². The number of hydrazine groups is 1. The fourth-order valence-electron chi connectivity index (χ4n) is 2.71. The standard InChI is InChI=1S/C17H18N6O/c1-11-14(9-18)17(23(2)22-11)21-20-16(24)8-7-12-10-19-15-6-4-3-5-13(12)15/h3-6,10,19,21H,7-8H2,1-2H3,(H,20,24). The molecule has 0 saturated carbocycles. The summed E-state index contributed by atoms with van der Waals surface area (Å²) in [5.41, 5.74) is 8.64. The smallest absolute Gasteiger partial charge is 0.238 e. The van der Waals surface area contributed by atoms with E-state index in [1.807, 2.05) is 30.5 Å². The first-order chi connectivity index (χ1) is 11.6. The van der Waals surface area contributed by atoms with Crippen LogP contribution in [0.25, 0.3) is 10.9 Å². The van der Waals surface area contributed by atoms with Crippen LogP contribution in [0, 0.1) is 18.3 Å². The van der Waals surface area contributed by atoms with Gasteiger partial charge in [-0.05, 0) is 25.0 Å². The fourth-order valence-corrected chi connectivity index (χ4v) is 2.71. The van der Waals surface area contributed by atoms with Gasteiger partial charge in [-0.3, -0.25) is 20.3 Å². The number of aryl methyl sites for hydroxylation is 3. The molecule has 3 rings (SSSR count). The second kappa shape index (κ2) is 6.46. The van der Waals surface area contributed by atoms with Crippen molar-refractivity contribution < 1.29 is 4.79 Å². The Morgan fingerprint density at radius 2 is 2.21 bits per heavy atom. The summed E-state index contributed by atoms with van der Waals surface area (Å²) in [4.78, 5) is 15.3. The summed E-state index contributed by atoms with van der Waals surface area (Å²) in [5.74, 6) is 0.332. The minimum absolute atomic E-state index is 0.150. The Morgan fingerprint density at radius 1 is 1.42 bits per heavy atom. The normalized spacial score (nSPS) is 10.5. The Bertz CT molecular complexity index is 930. The fraction of sp³-hybridized carbons (Fsp3) is 0.235. The van der Waals surface area contributed by atoms with Crippen molar-refractivity contribution in [3.63, 3.8) is 0 Å². The molecule has 0 aliphatic carbocycles. The summed E-state index contributed by atoms with van der Waals surface area (Å²) in [6.07, 6.45) is 2.91. The molecule has 0 radical (unpaired) electrons. The van der Waals surface area contributed by atoms with E-state index in [1.54, 1.807) is 14.0 Å². The van der Waals surface area contributed by atoms with Crippen LogP contribution in [0.5, 0.6) is 0 Å². The lowest BCUT2D eigenvalue weighted by Gasteiger charge is -2.08. The zero-order chi connectivity index (χ0) is 17.1. The molecule has 3 aromatic rings. The summed E-state index contributed by atoms with van der Waals surface area (Å²) in [6, 6.07) is 10.1. The number of carbonyl (C=O) groups excluding carboxylic acids is 1. The molecule has 3 N–H and O–H groups in total. The highest BCUT2D eigenvalue weighted by atomic mass is 16.2. The van der Waals surface area contributed by atoms with Crippen molar-refractivity contribution in [3.05, 3.63) is 47.3 Å². The number of hydrogen-bond donors (Lipinski definition) is 3. The SMILES string of the molecule is Cc1nn(C)c(NNC(=O)CCc2c[nH]c3ccccc23)c1C#N. The number of H-pyrrole nitrogens is 1. The van der Waals surface area contributed by atoms with E-state index in [1.165, 1.54) is 4.68 Å². The van der Waals surface area contributed by atoms with Crippen molar-refractivity contribution in [1.82, 2.24) is 20.2 Å². The molecule has 0 spiro atoms. The lowest BCUT2D eigenvalue weighted by Crippen LogP contribution is -2.30. The van der Waals surface area contributed by atoms with Gasteiger partial charge in [0.25, 0.3) is 0 Å². The predicted molar refractivity (Wildman–Crippen MR) is 91.0 cm³/mol. The van der Waals surface area contributed by atoms with Gasteiger partial charge in [0.1, 0.15) is 11.6 Å². The van der Waals surface area contributed by atoms with Crippen LogP contribution in [0.15, 0.2) is 30.5 Å². The molecule has 1 amide bonds. The van der Waals surface area contributed by atoms with Crippen LogP contribution in [0.1, 0.15) is 23.2 Å². The van der Waals surface area contributed by atoms with Crippen molar-refractivity contribution in [2.75, 3.05) is 5.43 Å². The largest absolute Gasteiger partial charge is 0.361 e. The Balaban J connectivity index is 1.60. The van der Waals surface area contributed by atoms with Crippen LogP contribution < -0.4 is 10.9 Å². The van der Waals surface area contributed by atoms with Gasteiger partial charge in [0, 0.05) is 30.6 Å². The lowest BCUT2D eigenvalue weighted by molar-refractivity contribution is -0.120. The second-order valence-corrected chi connectivity index (χ2v) is 5.58. The second-order valence-electron chi connectivity index (χ2n) is 5.58. The lowest BCUT2D eigenvalue weighted by atomic mass is 10.1. The third-order valence-electron chi connectivity index (χ3n) is 3.95. The van der Waals surface area contributed by atoms with Crippen LogP contribution >= 0.6 is 0 Å². The first kappa shape index (κ1) is 15.6. The summed E-state index contributed by atoms with van der Waals surface area (Å²) in [5, 5.41) is 14.4. The molecule has 0 aliphatic rings. The Hall–Kier alpha value is -3.27. The van der Waals surface area contributed by atoms with Gasteiger partial charge in [-0.2, -0.15) is 10.4 Å². The minimum Gasteiger partial charge on any atom is -0.361 e. The molecule has 0 atom stereocenters. The molecule has 1 aromatic carbocycles. The quantitative estimate of drug-likeness (QED) is 0.627. The van der Waals surface area contributed by atoms with Gasteiger partial charge < -0.3 is 4.98 Å². The van der Waals surface area contributed by atoms with Crippen LogP contribution in [-0.2, 0) is 18.3 Å². The number of hydrogen-bond acceptors (Lipinski definition) is 4. The van der Waals surface area contributed by atoms with E-state index in [0.29, 0.717) is 29.9 Å². The highest BCUT2D eigenvalue weighted by Gasteiger charge is 2.13. The van der Waals surface area contributed by atoms with E-state index < -0.39 is 0 Å². The molecule has 24 heavy (non-hydrogen) atoms. The van der Waals surface area contributed by atoms with Crippen LogP contribution in [0.4, 0.5) is 5.82 Å².